The molecular formula is C31H47FO10. The molecule has 0 aromatic heterocycles. The van der Waals surface area contributed by atoms with Gasteiger partial charge in [-0.25, -0.2) is 0 Å². The van der Waals surface area contributed by atoms with Gasteiger partial charge < -0.3 is 48.8 Å². The molecule has 0 bridgehead atoms. The largest absolute Gasteiger partial charge is 0.394 e. The standard InChI is InChI=1S/C23H30O4.C7H14O6.CH3F/c1-17-18(2)22(26-15-20-12-8-5-9-13-20)23(24-3)27-21(17)16-25-14-19-10-6-4-7-11-19;1-12-7-6(11)5(10)4(9)3(2-8)13-7;1-2/h4-13,17-18,21-23H,14-16H2,1-3H3;3-11H,2H2,1H3;1H3/t17-,18-,21?,22?,23-;3?,4-,5+,6?,7+;/m01./s1/i;;1D. The lowest BCUT2D eigenvalue weighted by Crippen LogP contribution is -2.58. The number of hydrogen-bond acceptors (Lipinski definition) is 10. The second kappa shape index (κ2) is 19.3. The minimum atomic E-state index is -1.36. The highest BCUT2D eigenvalue weighted by atomic mass is 19.1. The van der Waals surface area contributed by atoms with Gasteiger partial charge in [0.25, 0.3) is 0 Å². The molecule has 4 N–H and O–H groups in total. The van der Waals surface area contributed by atoms with Gasteiger partial charge in [-0.3, -0.25) is 4.39 Å². The average molecular weight is 600 g/mol. The number of hydrogen-bond donors (Lipinski definition) is 4. The SMILES string of the molecule is CO[C@H]1OC(CO)[C@@H](O)[C@H](O)C1O.CO[C@H]1OC(COCc2ccccc2)[C@@H](C)[C@H](C)C1OCc1ccccc1.[2H]CF. The van der Waals surface area contributed by atoms with Gasteiger partial charge in [-0.1, -0.05) is 74.5 Å². The van der Waals surface area contributed by atoms with Gasteiger partial charge in [-0.15, -0.1) is 0 Å². The van der Waals surface area contributed by atoms with E-state index in [4.69, 9.17) is 34.9 Å². The number of aliphatic hydroxyl groups is 4. The van der Waals surface area contributed by atoms with Gasteiger partial charge in [0.2, 0.25) is 0 Å². The number of rotatable bonds is 10. The van der Waals surface area contributed by atoms with Crippen molar-refractivity contribution in [1.82, 2.24) is 0 Å². The summed E-state index contributed by atoms with van der Waals surface area (Å²) in [5.74, 6) is 0.616. The van der Waals surface area contributed by atoms with Gasteiger partial charge in [0.05, 0.1) is 41.1 Å². The quantitative estimate of drug-likeness (QED) is 0.322. The maximum absolute atomic E-state index is 9.96. The first-order valence-electron chi connectivity index (χ1n) is 14.6. The van der Waals surface area contributed by atoms with Crippen molar-refractivity contribution in [3.63, 3.8) is 0 Å². The molecule has 4 unspecified atom stereocenters. The van der Waals surface area contributed by atoms with Crippen LogP contribution in [0.5, 0.6) is 0 Å². The predicted molar refractivity (Wildman–Crippen MR) is 153 cm³/mol. The molecule has 2 heterocycles. The van der Waals surface area contributed by atoms with Crippen molar-refractivity contribution in [2.24, 2.45) is 11.8 Å². The van der Waals surface area contributed by atoms with Crippen LogP contribution in [0.3, 0.4) is 0 Å². The smallest absolute Gasteiger partial charge is 0.186 e. The highest BCUT2D eigenvalue weighted by Crippen LogP contribution is 2.34. The Balaban J connectivity index is 0.000000337. The first-order chi connectivity index (χ1) is 20.7. The molecule has 10 atom stereocenters. The number of halogens is 1. The van der Waals surface area contributed by atoms with Crippen LogP contribution in [0.25, 0.3) is 0 Å². The van der Waals surface area contributed by atoms with E-state index < -0.39 is 44.5 Å². The number of ether oxygens (including phenoxy) is 6. The van der Waals surface area contributed by atoms with Gasteiger partial charge in [-0.05, 0) is 23.0 Å². The van der Waals surface area contributed by atoms with E-state index in [1.807, 2.05) is 36.4 Å². The zero-order valence-corrected chi connectivity index (χ0v) is 24.7. The predicted octanol–water partition coefficient (Wildman–Crippen LogP) is 2.45. The fraction of sp³-hybridized carbons (Fsp3) is 0.613. The molecule has 4 rings (SSSR count). The normalized spacial score (nSPS) is 32.9. The molecule has 0 spiro atoms. The van der Waals surface area contributed by atoms with Gasteiger partial charge in [-0.2, -0.15) is 0 Å². The molecule has 10 nitrogen and oxygen atoms in total. The summed E-state index contributed by atoms with van der Waals surface area (Å²) in [4.78, 5) is 0. The van der Waals surface area contributed by atoms with Crippen LogP contribution in [0, 0.1) is 11.8 Å². The monoisotopic (exact) mass is 599 g/mol. The number of benzene rings is 2. The zero-order valence-electron chi connectivity index (χ0n) is 25.7. The topological polar surface area (TPSA) is 136 Å². The summed E-state index contributed by atoms with van der Waals surface area (Å²) in [6.45, 7) is 5.66. The molecule has 2 aromatic carbocycles. The van der Waals surface area contributed by atoms with Gasteiger partial charge in [0, 0.05) is 14.2 Å². The van der Waals surface area contributed by atoms with Crippen LogP contribution < -0.4 is 0 Å². The van der Waals surface area contributed by atoms with E-state index >= 15 is 0 Å². The van der Waals surface area contributed by atoms with Crippen LogP contribution in [-0.4, -0.2) is 104 Å². The first-order valence-corrected chi connectivity index (χ1v) is 13.9. The zero-order chi connectivity index (χ0) is 31.8. The fourth-order valence-electron chi connectivity index (χ4n) is 4.77. The molecule has 2 aliphatic rings. The Hall–Kier alpha value is -2.03. The van der Waals surface area contributed by atoms with Crippen LogP contribution in [0.1, 0.15) is 26.3 Å². The third-order valence-corrected chi connectivity index (χ3v) is 7.50. The van der Waals surface area contributed by atoms with Crippen molar-refractivity contribution >= 4 is 0 Å². The van der Waals surface area contributed by atoms with Crippen molar-refractivity contribution < 1.29 is 54.6 Å². The fourth-order valence-corrected chi connectivity index (χ4v) is 4.77. The Morgan fingerprint density at radius 1 is 0.762 bits per heavy atom. The molecule has 2 aliphatic heterocycles. The summed E-state index contributed by atoms with van der Waals surface area (Å²) in [5, 5.41) is 36.6. The molecule has 2 fully saturated rings. The minimum absolute atomic E-state index is 0.00904. The maximum atomic E-state index is 9.96. The third kappa shape index (κ3) is 10.3. The number of methoxy groups -OCH3 is 2. The van der Waals surface area contributed by atoms with Crippen LogP contribution in [0.4, 0.5) is 4.39 Å². The number of alkyl halides is 1. The van der Waals surface area contributed by atoms with Gasteiger partial charge in [0.15, 0.2) is 12.6 Å². The van der Waals surface area contributed by atoms with Crippen LogP contribution in [0.15, 0.2) is 60.7 Å². The summed E-state index contributed by atoms with van der Waals surface area (Å²) in [7, 11) is 1.97. The van der Waals surface area contributed by atoms with Gasteiger partial charge in [0.1, 0.15) is 30.5 Å². The lowest BCUT2D eigenvalue weighted by Gasteiger charge is -2.43. The van der Waals surface area contributed by atoms with E-state index in [1.54, 1.807) is 7.11 Å². The van der Waals surface area contributed by atoms with Crippen LogP contribution >= 0.6 is 0 Å². The second-order valence-corrected chi connectivity index (χ2v) is 10.2. The van der Waals surface area contributed by atoms with E-state index in [2.05, 4.69) is 38.1 Å². The van der Waals surface area contributed by atoms with Gasteiger partial charge >= 0.3 is 0 Å². The van der Waals surface area contributed by atoms with E-state index in [0.29, 0.717) is 31.7 Å². The molecule has 2 saturated heterocycles. The summed E-state index contributed by atoms with van der Waals surface area (Å²) in [5.41, 5.74) is 2.32. The third-order valence-electron chi connectivity index (χ3n) is 7.50. The second-order valence-electron chi connectivity index (χ2n) is 10.2. The van der Waals surface area contributed by atoms with E-state index in [9.17, 15) is 19.7 Å². The Morgan fingerprint density at radius 3 is 1.81 bits per heavy atom. The maximum Gasteiger partial charge on any atom is 0.186 e. The van der Waals surface area contributed by atoms with E-state index in [0.717, 1.165) is 5.56 Å². The van der Waals surface area contributed by atoms with Crippen molar-refractivity contribution in [3.8, 4) is 0 Å². The van der Waals surface area contributed by atoms with Crippen molar-refractivity contribution in [2.75, 3.05) is 34.6 Å². The Morgan fingerprint density at radius 2 is 1.29 bits per heavy atom. The van der Waals surface area contributed by atoms with Crippen molar-refractivity contribution in [2.45, 2.75) is 76.3 Å². The highest BCUT2D eigenvalue weighted by molar-refractivity contribution is 5.14. The molecule has 0 saturated carbocycles. The highest BCUT2D eigenvalue weighted by Gasteiger charge is 2.44. The first kappa shape index (κ1) is 34.5. The minimum Gasteiger partial charge on any atom is -0.394 e. The molecule has 42 heavy (non-hydrogen) atoms. The van der Waals surface area contributed by atoms with E-state index in [1.165, 1.54) is 12.7 Å². The molecule has 0 radical (unpaired) electrons. The van der Waals surface area contributed by atoms with E-state index in [-0.39, 0.29) is 18.5 Å². The summed E-state index contributed by atoms with van der Waals surface area (Å²) < 4.78 is 49.0. The Labute approximate surface area is 249 Å². The summed E-state index contributed by atoms with van der Waals surface area (Å²) in [6.07, 6.45) is -6.41. The average Bonchev–Trinajstić information content (AvgIpc) is 3.03. The van der Waals surface area contributed by atoms with Crippen LogP contribution in [-0.2, 0) is 41.6 Å². The number of aliphatic hydroxyl groups excluding tert-OH is 4. The summed E-state index contributed by atoms with van der Waals surface area (Å²) >= 11 is 0. The van der Waals surface area contributed by atoms with Crippen molar-refractivity contribution in [1.29, 1.82) is 0 Å². The van der Waals surface area contributed by atoms with Crippen LogP contribution in [0.2, 0.25) is 0 Å². The molecule has 238 valence electrons. The molecule has 11 heteroatoms. The lowest BCUT2D eigenvalue weighted by atomic mass is 9.83. The molecule has 2 aromatic rings. The Bertz CT molecular complexity index is 954. The Kier molecular flexibility index (Phi) is 15.8. The lowest BCUT2D eigenvalue weighted by molar-refractivity contribution is -0.294. The summed E-state index contributed by atoms with van der Waals surface area (Å²) in [6, 6.07) is 20.4. The molecule has 0 aliphatic carbocycles. The molecule has 0 amide bonds. The molecular weight excluding hydrogens is 551 g/mol. The van der Waals surface area contributed by atoms with Crippen molar-refractivity contribution in [3.05, 3.63) is 71.8 Å².